The molecule has 0 aromatic carbocycles. The second-order valence-electron chi connectivity index (χ2n) is 8.56. The van der Waals surface area contributed by atoms with Gasteiger partial charge in [-0.15, -0.1) is 0 Å². The lowest BCUT2D eigenvalue weighted by Gasteiger charge is -2.23. The largest absolute Gasteiger partial charge is 0.396 e. The molecule has 0 aromatic rings. The first-order valence-corrected chi connectivity index (χ1v) is 12.2. The van der Waals surface area contributed by atoms with Crippen LogP contribution in [-0.4, -0.2) is 58.5 Å². The molecule has 4 atom stereocenters. The Morgan fingerprint density at radius 1 is 0.548 bits per heavy atom. The highest BCUT2D eigenvalue weighted by atomic mass is 16.8. The topological polar surface area (TPSA) is 66.4 Å². The minimum atomic E-state index is -0.503. The predicted molar refractivity (Wildman–Crippen MR) is 130 cm³/mol. The number of hydrogen-bond donors (Lipinski definition) is 1. The molecule has 0 spiro atoms. The zero-order valence-electron chi connectivity index (χ0n) is 22.6. The fraction of sp³-hybridized carbons (Fsp3) is 1.00. The summed E-state index contributed by atoms with van der Waals surface area (Å²) in [5.74, 6) is 2.12. The summed E-state index contributed by atoms with van der Waals surface area (Å²) in [4.78, 5) is 0. The summed E-state index contributed by atoms with van der Waals surface area (Å²) in [5.41, 5.74) is 0. The molecule has 0 aromatic heterocycles. The van der Waals surface area contributed by atoms with Gasteiger partial charge in [0.25, 0.3) is 6.48 Å². The van der Waals surface area contributed by atoms with Gasteiger partial charge in [-0.25, -0.2) is 0 Å². The number of hydrogen-bond acceptors (Lipinski definition) is 6. The molecule has 0 radical (unpaired) electrons. The quantitative estimate of drug-likeness (QED) is 0.285. The smallest absolute Gasteiger partial charge is 0.271 e. The molecule has 0 aliphatic heterocycles. The molecule has 31 heavy (non-hydrogen) atoms. The Bertz CT molecular complexity index is 278. The maximum absolute atomic E-state index is 8.33. The SMILES string of the molecule is CCC(C)CO.CCC(C)COC(OCC(C)CC)OCC(C)CC.COC(C)OC. The van der Waals surface area contributed by atoms with Crippen LogP contribution in [0.15, 0.2) is 0 Å². The van der Waals surface area contributed by atoms with Crippen molar-refractivity contribution in [1.29, 1.82) is 0 Å². The van der Waals surface area contributed by atoms with Crippen LogP contribution in [0.5, 0.6) is 0 Å². The lowest BCUT2D eigenvalue weighted by molar-refractivity contribution is -0.297. The minimum absolute atomic E-state index is 0.0648. The highest BCUT2D eigenvalue weighted by molar-refractivity contribution is 4.50. The molecule has 0 saturated carbocycles. The maximum Gasteiger partial charge on any atom is 0.271 e. The third kappa shape index (κ3) is 27.7. The molecule has 0 fully saturated rings. The molecule has 4 unspecified atom stereocenters. The number of aliphatic hydroxyl groups excluding tert-OH is 1. The van der Waals surface area contributed by atoms with E-state index in [1.165, 1.54) is 0 Å². The van der Waals surface area contributed by atoms with Crippen molar-refractivity contribution < 1.29 is 28.8 Å². The van der Waals surface area contributed by atoms with Crippen LogP contribution in [-0.2, 0) is 23.7 Å². The monoisotopic (exact) mass is 452 g/mol. The average molecular weight is 453 g/mol. The Morgan fingerprint density at radius 3 is 0.968 bits per heavy atom. The van der Waals surface area contributed by atoms with Gasteiger partial charge in [0, 0.05) is 20.8 Å². The van der Waals surface area contributed by atoms with E-state index >= 15 is 0 Å². The fourth-order valence-corrected chi connectivity index (χ4v) is 1.45. The second-order valence-corrected chi connectivity index (χ2v) is 8.56. The van der Waals surface area contributed by atoms with Crippen LogP contribution in [0.4, 0.5) is 0 Å². The van der Waals surface area contributed by atoms with Gasteiger partial charge < -0.3 is 28.8 Å². The van der Waals surface area contributed by atoms with Gasteiger partial charge in [-0.2, -0.15) is 0 Å². The summed E-state index contributed by atoms with van der Waals surface area (Å²) in [5, 5.41) is 8.33. The van der Waals surface area contributed by atoms with Crippen LogP contribution in [0.2, 0.25) is 0 Å². The summed E-state index contributed by atoms with van der Waals surface area (Å²) in [7, 11) is 3.21. The van der Waals surface area contributed by atoms with Crippen molar-refractivity contribution in [1.82, 2.24) is 0 Å². The van der Waals surface area contributed by atoms with Crippen LogP contribution in [0.25, 0.3) is 0 Å². The highest BCUT2D eigenvalue weighted by Gasteiger charge is 2.14. The van der Waals surface area contributed by atoms with Crippen molar-refractivity contribution in [3.05, 3.63) is 0 Å². The van der Waals surface area contributed by atoms with Gasteiger partial charge in [-0.1, -0.05) is 81.1 Å². The van der Waals surface area contributed by atoms with Crippen LogP contribution < -0.4 is 0 Å². The normalized spacial score (nSPS) is 15.8. The van der Waals surface area contributed by atoms with Gasteiger partial charge in [0.1, 0.15) is 0 Å². The molecule has 6 heteroatoms. The van der Waals surface area contributed by atoms with Gasteiger partial charge in [0.05, 0.1) is 19.8 Å². The van der Waals surface area contributed by atoms with Gasteiger partial charge in [-0.3, -0.25) is 0 Å². The van der Waals surface area contributed by atoms with Gasteiger partial charge in [0.15, 0.2) is 6.29 Å². The maximum atomic E-state index is 8.33. The predicted octanol–water partition coefficient (Wildman–Crippen LogP) is 6.11. The van der Waals surface area contributed by atoms with E-state index in [0.29, 0.717) is 50.1 Å². The van der Waals surface area contributed by atoms with E-state index in [-0.39, 0.29) is 6.29 Å². The third-order valence-electron chi connectivity index (χ3n) is 5.31. The van der Waals surface area contributed by atoms with Crippen molar-refractivity contribution in [2.75, 3.05) is 40.6 Å². The van der Waals surface area contributed by atoms with Crippen molar-refractivity contribution in [3.8, 4) is 0 Å². The van der Waals surface area contributed by atoms with E-state index in [2.05, 4.69) is 57.9 Å². The first kappa shape index (κ1) is 35.4. The first-order chi connectivity index (χ1) is 14.6. The van der Waals surface area contributed by atoms with E-state index in [0.717, 1.165) is 25.7 Å². The molecule has 6 nitrogen and oxygen atoms in total. The summed E-state index contributed by atoms with van der Waals surface area (Å²) >= 11 is 0. The van der Waals surface area contributed by atoms with Crippen molar-refractivity contribution in [2.45, 2.75) is 101 Å². The Labute approximate surface area is 194 Å². The molecule has 0 saturated heterocycles. The van der Waals surface area contributed by atoms with Crippen LogP contribution in [0.1, 0.15) is 88.0 Å². The van der Waals surface area contributed by atoms with Crippen molar-refractivity contribution in [3.63, 3.8) is 0 Å². The molecule has 0 heterocycles. The molecular formula is C25H56O6. The van der Waals surface area contributed by atoms with Crippen molar-refractivity contribution >= 4 is 0 Å². The fourth-order valence-electron chi connectivity index (χ4n) is 1.45. The lowest BCUT2D eigenvalue weighted by Crippen LogP contribution is -2.27. The van der Waals surface area contributed by atoms with E-state index in [4.69, 9.17) is 19.3 Å². The Balaban J connectivity index is -0.000000532. The van der Waals surface area contributed by atoms with Crippen molar-refractivity contribution in [2.24, 2.45) is 23.7 Å². The summed E-state index contributed by atoms with van der Waals surface area (Å²) in [6.45, 7) is 20.9. The molecule has 0 amide bonds. The second kappa shape index (κ2) is 26.0. The Kier molecular flexibility index (Phi) is 29.7. The minimum Gasteiger partial charge on any atom is -0.396 e. The van der Waals surface area contributed by atoms with E-state index in [1.54, 1.807) is 14.2 Å². The summed E-state index contributed by atoms with van der Waals surface area (Å²) in [6.07, 6.45) is 4.36. The zero-order chi connectivity index (χ0) is 24.7. The Hall–Kier alpha value is -0.240. The number of methoxy groups -OCH3 is 2. The zero-order valence-corrected chi connectivity index (χ0v) is 22.6. The molecule has 0 bridgehead atoms. The Morgan fingerprint density at radius 2 is 0.839 bits per heavy atom. The molecule has 0 aliphatic carbocycles. The standard InChI is InChI=1S/C16H34O3.C5H12O.C4H10O2/c1-7-13(4)10-17-16(18-11-14(5)8-2)19-12-15(6)9-3;1-3-5(2)4-6;1-4(5-2)6-3/h13-16H,7-12H2,1-6H3;5-6H,3-4H2,1-2H3;4H,1-3H3. The lowest BCUT2D eigenvalue weighted by atomic mass is 10.1. The number of aliphatic hydroxyl groups is 1. The third-order valence-corrected chi connectivity index (χ3v) is 5.31. The summed E-state index contributed by atoms with van der Waals surface area (Å²) in [6, 6.07) is 0. The molecule has 1 N–H and O–H groups in total. The number of ether oxygens (including phenoxy) is 5. The van der Waals surface area contributed by atoms with Gasteiger partial charge in [-0.05, 0) is 30.6 Å². The van der Waals surface area contributed by atoms with E-state index < -0.39 is 6.48 Å². The van der Waals surface area contributed by atoms with Crippen LogP contribution >= 0.6 is 0 Å². The van der Waals surface area contributed by atoms with Crippen LogP contribution in [0, 0.1) is 23.7 Å². The van der Waals surface area contributed by atoms with E-state index in [1.807, 2.05) is 13.8 Å². The molecule has 192 valence electrons. The van der Waals surface area contributed by atoms with Gasteiger partial charge in [0.2, 0.25) is 0 Å². The molecule has 0 rings (SSSR count). The average Bonchev–Trinajstić information content (AvgIpc) is 2.82. The highest BCUT2D eigenvalue weighted by Crippen LogP contribution is 2.11. The molecule has 0 aliphatic rings. The molecular weight excluding hydrogens is 396 g/mol. The first-order valence-electron chi connectivity index (χ1n) is 12.2. The van der Waals surface area contributed by atoms with Gasteiger partial charge >= 0.3 is 0 Å². The van der Waals surface area contributed by atoms with E-state index in [9.17, 15) is 0 Å². The van der Waals surface area contributed by atoms with Crippen LogP contribution in [0.3, 0.4) is 0 Å². The number of rotatable bonds is 16. The summed E-state index contributed by atoms with van der Waals surface area (Å²) < 4.78 is 26.6.